The summed E-state index contributed by atoms with van der Waals surface area (Å²) in [4.78, 5) is 23.9. The van der Waals surface area contributed by atoms with E-state index in [0.29, 0.717) is 11.3 Å². The Balaban J connectivity index is 2.13. The highest BCUT2D eigenvalue weighted by molar-refractivity contribution is 6.30. The molecule has 24 heavy (non-hydrogen) atoms. The molecule has 0 saturated heterocycles. The van der Waals surface area contributed by atoms with E-state index >= 15 is 0 Å². The lowest BCUT2D eigenvalue weighted by Gasteiger charge is -2.11. The summed E-state index contributed by atoms with van der Waals surface area (Å²) < 4.78 is 18.7. The van der Waals surface area contributed by atoms with Crippen LogP contribution in [-0.4, -0.2) is 18.5 Å². The predicted octanol–water partition coefficient (Wildman–Crippen LogP) is 4.15. The molecule has 2 aromatic carbocycles. The highest BCUT2D eigenvalue weighted by atomic mass is 35.5. The fourth-order valence-corrected chi connectivity index (χ4v) is 2.29. The van der Waals surface area contributed by atoms with Crippen molar-refractivity contribution in [1.29, 1.82) is 0 Å². The maximum Gasteiger partial charge on any atom is 0.338 e. The molecule has 0 fully saturated rings. The standard InChI is InChI=1S/C18H17ClFNO3/c1-3-24-18(23)13-5-4-11(2)16(8-13)21-17(22)9-12-6-7-14(19)10-15(12)20/h4-8,10H,3,9H2,1-2H3,(H,21,22). The molecule has 2 rings (SSSR count). The van der Waals surface area contributed by atoms with Gasteiger partial charge >= 0.3 is 5.97 Å². The topological polar surface area (TPSA) is 55.4 Å². The Labute approximate surface area is 144 Å². The lowest BCUT2D eigenvalue weighted by molar-refractivity contribution is -0.115. The summed E-state index contributed by atoms with van der Waals surface area (Å²) in [5, 5.41) is 2.96. The van der Waals surface area contributed by atoms with Gasteiger partial charge in [0.2, 0.25) is 5.91 Å². The number of hydrogen-bond donors (Lipinski definition) is 1. The van der Waals surface area contributed by atoms with Gasteiger partial charge in [-0.2, -0.15) is 0 Å². The monoisotopic (exact) mass is 349 g/mol. The van der Waals surface area contributed by atoms with Crippen LogP contribution in [0.4, 0.5) is 10.1 Å². The summed E-state index contributed by atoms with van der Waals surface area (Å²) in [6.45, 7) is 3.78. The zero-order chi connectivity index (χ0) is 17.7. The number of hydrogen-bond acceptors (Lipinski definition) is 3. The van der Waals surface area contributed by atoms with Crippen LogP contribution in [0.15, 0.2) is 36.4 Å². The first-order valence-electron chi connectivity index (χ1n) is 7.42. The fraction of sp³-hybridized carbons (Fsp3) is 0.222. The van der Waals surface area contributed by atoms with Crippen LogP contribution in [0.5, 0.6) is 0 Å². The second-order valence-electron chi connectivity index (χ2n) is 5.21. The Morgan fingerprint density at radius 2 is 1.96 bits per heavy atom. The maximum absolute atomic E-state index is 13.8. The van der Waals surface area contributed by atoms with Crippen LogP contribution >= 0.6 is 11.6 Å². The van der Waals surface area contributed by atoms with E-state index in [-0.39, 0.29) is 29.5 Å². The SMILES string of the molecule is CCOC(=O)c1ccc(C)c(NC(=O)Cc2ccc(Cl)cc2F)c1. The second kappa shape index (κ2) is 7.93. The summed E-state index contributed by atoms with van der Waals surface area (Å²) in [5.41, 5.74) is 1.86. The molecular formula is C18H17ClFNO3. The number of benzene rings is 2. The number of rotatable bonds is 5. The molecule has 0 bridgehead atoms. The van der Waals surface area contributed by atoms with Gasteiger partial charge in [-0.3, -0.25) is 4.79 Å². The minimum absolute atomic E-state index is 0.133. The van der Waals surface area contributed by atoms with E-state index < -0.39 is 11.8 Å². The predicted molar refractivity (Wildman–Crippen MR) is 90.9 cm³/mol. The molecule has 4 nitrogen and oxygen atoms in total. The van der Waals surface area contributed by atoms with Gasteiger partial charge in [0.05, 0.1) is 18.6 Å². The molecule has 0 aliphatic rings. The van der Waals surface area contributed by atoms with Gasteiger partial charge in [-0.05, 0) is 49.2 Å². The van der Waals surface area contributed by atoms with Gasteiger partial charge in [0, 0.05) is 10.7 Å². The number of esters is 1. The molecule has 0 aromatic heterocycles. The zero-order valence-corrected chi connectivity index (χ0v) is 14.1. The number of halogens is 2. The maximum atomic E-state index is 13.8. The highest BCUT2D eigenvalue weighted by Crippen LogP contribution is 2.19. The number of nitrogens with one attached hydrogen (secondary N) is 1. The summed E-state index contributed by atoms with van der Waals surface area (Å²) in [6.07, 6.45) is -0.133. The van der Waals surface area contributed by atoms with E-state index in [1.54, 1.807) is 32.0 Å². The van der Waals surface area contributed by atoms with Crippen LogP contribution in [-0.2, 0) is 16.0 Å². The van der Waals surface area contributed by atoms with Gasteiger partial charge in [0.15, 0.2) is 0 Å². The largest absolute Gasteiger partial charge is 0.462 e. The number of anilines is 1. The molecule has 1 amide bonds. The average Bonchev–Trinajstić information content (AvgIpc) is 2.52. The molecule has 0 aliphatic heterocycles. The minimum Gasteiger partial charge on any atom is -0.462 e. The first kappa shape index (κ1) is 17.9. The first-order valence-corrected chi connectivity index (χ1v) is 7.80. The molecule has 6 heteroatoms. The van der Waals surface area contributed by atoms with E-state index in [1.165, 1.54) is 12.1 Å². The van der Waals surface area contributed by atoms with Crippen molar-refractivity contribution in [2.24, 2.45) is 0 Å². The Morgan fingerprint density at radius 1 is 1.21 bits per heavy atom. The molecule has 0 atom stereocenters. The van der Waals surface area contributed by atoms with Crippen LogP contribution < -0.4 is 5.32 Å². The van der Waals surface area contributed by atoms with E-state index in [1.807, 2.05) is 0 Å². The third kappa shape index (κ3) is 4.55. The third-order valence-corrected chi connectivity index (χ3v) is 3.62. The Bertz CT molecular complexity index is 777. The van der Waals surface area contributed by atoms with Crippen molar-refractivity contribution in [3.63, 3.8) is 0 Å². The molecule has 0 heterocycles. The summed E-state index contributed by atoms with van der Waals surface area (Å²) in [7, 11) is 0. The quantitative estimate of drug-likeness (QED) is 0.825. The first-order chi connectivity index (χ1) is 11.4. The Hall–Kier alpha value is -2.40. The minimum atomic E-state index is -0.533. The van der Waals surface area contributed by atoms with Gasteiger partial charge in [-0.25, -0.2) is 9.18 Å². The lowest BCUT2D eigenvalue weighted by Crippen LogP contribution is -2.16. The fourth-order valence-electron chi connectivity index (χ4n) is 2.13. The van der Waals surface area contributed by atoms with Crippen molar-refractivity contribution in [3.05, 3.63) is 63.9 Å². The van der Waals surface area contributed by atoms with Crippen LogP contribution in [0.2, 0.25) is 5.02 Å². The number of carbonyl (C=O) groups excluding carboxylic acids is 2. The smallest absolute Gasteiger partial charge is 0.338 e. The van der Waals surface area contributed by atoms with E-state index in [2.05, 4.69) is 5.32 Å². The molecule has 126 valence electrons. The van der Waals surface area contributed by atoms with Crippen molar-refractivity contribution < 1.29 is 18.7 Å². The molecule has 0 unspecified atom stereocenters. The highest BCUT2D eigenvalue weighted by Gasteiger charge is 2.13. The molecule has 0 aliphatic carbocycles. The number of amides is 1. The van der Waals surface area contributed by atoms with Crippen molar-refractivity contribution in [1.82, 2.24) is 0 Å². The van der Waals surface area contributed by atoms with Gasteiger partial charge in [0.1, 0.15) is 5.82 Å². The molecule has 0 saturated carbocycles. The Morgan fingerprint density at radius 3 is 2.62 bits per heavy atom. The molecule has 0 radical (unpaired) electrons. The van der Waals surface area contributed by atoms with E-state index in [9.17, 15) is 14.0 Å². The number of ether oxygens (including phenoxy) is 1. The number of carbonyl (C=O) groups is 2. The van der Waals surface area contributed by atoms with Crippen LogP contribution in [0.3, 0.4) is 0 Å². The van der Waals surface area contributed by atoms with Gasteiger partial charge < -0.3 is 10.1 Å². The molecular weight excluding hydrogens is 333 g/mol. The van der Waals surface area contributed by atoms with E-state index in [0.717, 1.165) is 11.6 Å². The normalized spacial score (nSPS) is 10.3. The van der Waals surface area contributed by atoms with Gasteiger partial charge in [-0.1, -0.05) is 23.7 Å². The summed E-state index contributed by atoms with van der Waals surface area (Å²) >= 11 is 5.69. The Kier molecular flexibility index (Phi) is 5.93. The third-order valence-electron chi connectivity index (χ3n) is 3.39. The average molecular weight is 350 g/mol. The van der Waals surface area contributed by atoms with Crippen molar-refractivity contribution in [2.45, 2.75) is 20.3 Å². The van der Waals surface area contributed by atoms with Crippen molar-refractivity contribution in [2.75, 3.05) is 11.9 Å². The van der Waals surface area contributed by atoms with Gasteiger partial charge in [-0.15, -0.1) is 0 Å². The van der Waals surface area contributed by atoms with Crippen LogP contribution in [0, 0.1) is 12.7 Å². The van der Waals surface area contributed by atoms with Crippen molar-refractivity contribution >= 4 is 29.2 Å². The van der Waals surface area contributed by atoms with Crippen LogP contribution in [0.1, 0.15) is 28.4 Å². The van der Waals surface area contributed by atoms with E-state index in [4.69, 9.17) is 16.3 Å². The second-order valence-corrected chi connectivity index (χ2v) is 5.65. The molecule has 2 aromatic rings. The van der Waals surface area contributed by atoms with Crippen LogP contribution in [0.25, 0.3) is 0 Å². The summed E-state index contributed by atoms with van der Waals surface area (Å²) in [6, 6.07) is 9.05. The van der Waals surface area contributed by atoms with Gasteiger partial charge in [0.25, 0.3) is 0 Å². The lowest BCUT2D eigenvalue weighted by atomic mass is 10.1. The molecule has 1 N–H and O–H groups in total. The number of aryl methyl sites for hydroxylation is 1. The summed E-state index contributed by atoms with van der Waals surface area (Å²) in [5.74, 6) is -1.38. The van der Waals surface area contributed by atoms with Crippen molar-refractivity contribution in [3.8, 4) is 0 Å². The molecule has 0 spiro atoms. The zero-order valence-electron chi connectivity index (χ0n) is 13.4.